The summed E-state index contributed by atoms with van der Waals surface area (Å²) in [6, 6.07) is 16.1. The summed E-state index contributed by atoms with van der Waals surface area (Å²) in [5.74, 6) is 0. The zero-order valence-electron chi connectivity index (χ0n) is 10.3. The molecular formula is C16H16O2. The van der Waals surface area contributed by atoms with Gasteiger partial charge in [-0.2, -0.15) is 0 Å². The third kappa shape index (κ3) is 1.94. The van der Waals surface area contributed by atoms with Crippen LogP contribution in [0.2, 0.25) is 0 Å². The van der Waals surface area contributed by atoms with Gasteiger partial charge in [-0.15, -0.1) is 0 Å². The van der Waals surface area contributed by atoms with Gasteiger partial charge in [-0.25, -0.2) is 0 Å². The van der Waals surface area contributed by atoms with Crippen LogP contribution in [0.25, 0.3) is 0 Å². The molecule has 1 N–H and O–H groups in total. The molecule has 92 valence electrons. The van der Waals surface area contributed by atoms with Gasteiger partial charge < -0.3 is 9.84 Å². The lowest BCUT2D eigenvalue weighted by atomic mass is 9.92. The SMILES string of the molecule is Cc1ccccc1[C@@H]1Cc2ccccc2[C@@H](O)O1. The fourth-order valence-electron chi connectivity index (χ4n) is 2.57. The maximum absolute atomic E-state index is 10.1. The molecule has 0 radical (unpaired) electrons. The van der Waals surface area contributed by atoms with E-state index in [1.54, 1.807) is 0 Å². The van der Waals surface area contributed by atoms with Crippen LogP contribution in [0.15, 0.2) is 48.5 Å². The van der Waals surface area contributed by atoms with Crippen molar-refractivity contribution in [3.63, 3.8) is 0 Å². The van der Waals surface area contributed by atoms with Crippen LogP contribution in [0, 0.1) is 6.92 Å². The molecule has 2 aromatic carbocycles. The largest absolute Gasteiger partial charge is 0.364 e. The van der Waals surface area contributed by atoms with Gasteiger partial charge in [0.1, 0.15) is 0 Å². The van der Waals surface area contributed by atoms with E-state index in [0.29, 0.717) is 0 Å². The van der Waals surface area contributed by atoms with Gasteiger partial charge in [-0.3, -0.25) is 0 Å². The lowest BCUT2D eigenvalue weighted by molar-refractivity contribution is -0.151. The highest BCUT2D eigenvalue weighted by atomic mass is 16.6. The number of aryl methyl sites for hydroxylation is 1. The summed E-state index contributed by atoms with van der Waals surface area (Å²) in [6.45, 7) is 2.07. The number of fused-ring (bicyclic) bond motifs is 1. The molecule has 0 spiro atoms. The summed E-state index contributed by atoms with van der Waals surface area (Å²) in [5.41, 5.74) is 4.42. The van der Waals surface area contributed by atoms with Crippen molar-refractivity contribution in [3.8, 4) is 0 Å². The molecule has 0 saturated heterocycles. The first kappa shape index (κ1) is 11.5. The van der Waals surface area contributed by atoms with Gasteiger partial charge in [0.2, 0.25) is 0 Å². The summed E-state index contributed by atoms with van der Waals surface area (Å²) in [6.07, 6.45) is -0.0615. The Labute approximate surface area is 107 Å². The van der Waals surface area contributed by atoms with E-state index in [0.717, 1.165) is 17.5 Å². The molecule has 0 fully saturated rings. The van der Waals surface area contributed by atoms with Gasteiger partial charge in [-0.1, -0.05) is 48.5 Å². The maximum Gasteiger partial charge on any atom is 0.182 e. The zero-order valence-corrected chi connectivity index (χ0v) is 10.3. The van der Waals surface area contributed by atoms with Crippen LogP contribution >= 0.6 is 0 Å². The molecular weight excluding hydrogens is 224 g/mol. The Morgan fingerprint density at radius 2 is 1.67 bits per heavy atom. The first-order valence-corrected chi connectivity index (χ1v) is 6.22. The number of rotatable bonds is 1. The number of ether oxygens (including phenoxy) is 1. The molecule has 2 heteroatoms. The quantitative estimate of drug-likeness (QED) is 0.828. The fourth-order valence-corrected chi connectivity index (χ4v) is 2.57. The molecule has 1 heterocycles. The minimum atomic E-state index is -0.820. The van der Waals surface area contributed by atoms with Gasteiger partial charge in [-0.05, 0) is 23.6 Å². The van der Waals surface area contributed by atoms with Crippen molar-refractivity contribution in [3.05, 3.63) is 70.8 Å². The normalized spacial score (nSPS) is 22.6. The summed E-state index contributed by atoms with van der Waals surface area (Å²) in [4.78, 5) is 0. The molecule has 18 heavy (non-hydrogen) atoms. The molecule has 0 amide bonds. The maximum atomic E-state index is 10.1. The summed E-state index contributed by atoms with van der Waals surface area (Å²) in [5, 5.41) is 10.1. The monoisotopic (exact) mass is 240 g/mol. The first-order valence-electron chi connectivity index (χ1n) is 6.22. The zero-order chi connectivity index (χ0) is 12.5. The third-order valence-electron chi connectivity index (χ3n) is 3.55. The Balaban J connectivity index is 1.97. The molecule has 2 nitrogen and oxygen atoms in total. The van der Waals surface area contributed by atoms with Crippen molar-refractivity contribution < 1.29 is 9.84 Å². The molecule has 0 unspecified atom stereocenters. The Hall–Kier alpha value is -1.64. The van der Waals surface area contributed by atoms with E-state index in [1.807, 2.05) is 30.3 Å². The van der Waals surface area contributed by atoms with E-state index in [1.165, 1.54) is 11.1 Å². The molecule has 3 rings (SSSR count). The van der Waals surface area contributed by atoms with Crippen molar-refractivity contribution >= 4 is 0 Å². The van der Waals surface area contributed by atoms with Crippen LogP contribution in [0.3, 0.4) is 0 Å². The first-order chi connectivity index (χ1) is 8.75. The number of benzene rings is 2. The molecule has 1 aliphatic rings. The topological polar surface area (TPSA) is 29.5 Å². The Morgan fingerprint density at radius 1 is 1.00 bits per heavy atom. The van der Waals surface area contributed by atoms with Gasteiger partial charge in [0.25, 0.3) is 0 Å². The van der Waals surface area contributed by atoms with E-state index in [9.17, 15) is 5.11 Å². The average Bonchev–Trinajstić information content (AvgIpc) is 2.39. The van der Waals surface area contributed by atoms with Gasteiger partial charge >= 0.3 is 0 Å². The van der Waals surface area contributed by atoms with Gasteiger partial charge in [0.05, 0.1) is 6.10 Å². The molecule has 0 aromatic heterocycles. The summed E-state index contributed by atoms with van der Waals surface area (Å²) in [7, 11) is 0. The van der Waals surface area contributed by atoms with Crippen LogP contribution in [-0.4, -0.2) is 5.11 Å². The van der Waals surface area contributed by atoms with E-state index < -0.39 is 6.29 Å². The van der Waals surface area contributed by atoms with Crippen LogP contribution in [0.1, 0.15) is 34.6 Å². The van der Waals surface area contributed by atoms with Crippen LogP contribution in [0.4, 0.5) is 0 Å². The number of aliphatic hydroxyl groups excluding tert-OH is 1. The number of aliphatic hydroxyl groups is 1. The highest BCUT2D eigenvalue weighted by molar-refractivity contribution is 5.35. The van der Waals surface area contributed by atoms with E-state index in [2.05, 4.69) is 25.1 Å². The molecule has 0 aliphatic carbocycles. The van der Waals surface area contributed by atoms with Gasteiger partial charge in [0, 0.05) is 12.0 Å². The van der Waals surface area contributed by atoms with Crippen molar-refractivity contribution in [1.82, 2.24) is 0 Å². The molecule has 2 aromatic rings. The van der Waals surface area contributed by atoms with E-state index in [-0.39, 0.29) is 6.10 Å². The minimum absolute atomic E-state index is 0.0592. The van der Waals surface area contributed by atoms with E-state index in [4.69, 9.17) is 4.74 Å². The van der Waals surface area contributed by atoms with Crippen LogP contribution in [-0.2, 0) is 11.2 Å². The molecule has 0 bridgehead atoms. The molecule has 1 aliphatic heterocycles. The smallest absolute Gasteiger partial charge is 0.182 e. The Kier molecular flexibility index (Phi) is 2.90. The molecule has 2 atom stereocenters. The van der Waals surface area contributed by atoms with Crippen molar-refractivity contribution in [2.24, 2.45) is 0 Å². The predicted molar refractivity (Wildman–Crippen MR) is 70.1 cm³/mol. The van der Waals surface area contributed by atoms with E-state index >= 15 is 0 Å². The predicted octanol–water partition coefficient (Wildman–Crippen LogP) is 3.30. The summed E-state index contributed by atoms with van der Waals surface area (Å²) < 4.78 is 5.74. The van der Waals surface area contributed by atoms with Crippen LogP contribution in [0.5, 0.6) is 0 Å². The lowest BCUT2D eigenvalue weighted by Crippen LogP contribution is -2.20. The van der Waals surface area contributed by atoms with Crippen LogP contribution < -0.4 is 0 Å². The van der Waals surface area contributed by atoms with Gasteiger partial charge in [0.15, 0.2) is 6.29 Å². The second-order valence-electron chi connectivity index (χ2n) is 4.74. The molecule has 0 saturated carbocycles. The van der Waals surface area contributed by atoms with Crippen molar-refractivity contribution in [2.45, 2.75) is 25.7 Å². The highest BCUT2D eigenvalue weighted by Gasteiger charge is 2.27. The number of hydrogen-bond acceptors (Lipinski definition) is 2. The second kappa shape index (κ2) is 4.56. The standard InChI is InChI=1S/C16H16O2/c1-11-6-2-4-8-13(11)15-10-12-7-3-5-9-14(12)16(17)18-15/h2-9,15-17H,10H2,1H3/t15-,16-/m0/s1. The average molecular weight is 240 g/mol. The number of hydrogen-bond donors (Lipinski definition) is 1. The Morgan fingerprint density at radius 3 is 2.44 bits per heavy atom. The fraction of sp³-hybridized carbons (Fsp3) is 0.250. The third-order valence-corrected chi connectivity index (χ3v) is 3.55. The highest BCUT2D eigenvalue weighted by Crippen LogP contribution is 2.36. The summed E-state index contributed by atoms with van der Waals surface area (Å²) >= 11 is 0. The van der Waals surface area contributed by atoms with Crippen molar-refractivity contribution in [1.29, 1.82) is 0 Å². The lowest BCUT2D eigenvalue weighted by Gasteiger charge is -2.30. The second-order valence-corrected chi connectivity index (χ2v) is 4.74. The Bertz CT molecular complexity index is 563. The van der Waals surface area contributed by atoms with Crippen molar-refractivity contribution in [2.75, 3.05) is 0 Å². The minimum Gasteiger partial charge on any atom is -0.364 e.